The van der Waals surface area contributed by atoms with Gasteiger partial charge >= 0.3 is 12.1 Å². The number of Topliss-reactive ketones (excluding diaryl/α,β-unsaturated/α-hetero) is 1. The van der Waals surface area contributed by atoms with Gasteiger partial charge in [-0.15, -0.1) is 0 Å². The molecule has 1 atom stereocenters. The van der Waals surface area contributed by atoms with Crippen LogP contribution in [0.5, 0.6) is 0 Å². The van der Waals surface area contributed by atoms with Gasteiger partial charge < -0.3 is 20.5 Å². The number of hydrogen-bond donors (Lipinski definition) is 3. The fourth-order valence-electron chi connectivity index (χ4n) is 1.29. The van der Waals surface area contributed by atoms with E-state index in [-0.39, 0.29) is 25.9 Å². The minimum atomic E-state index is -1.04. The van der Waals surface area contributed by atoms with Crippen molar-refractivity contribution in [1.82, 2.24) is 10.6 Å². The zero-order valence-corrected chi connectivity index (χ0v) is 11.6. The van der Waals surface area contributed by atoms with Gasteiger partial charge in [0.2, 0.25) is 5.78 Å². The number of nitrogens with one attached hydrogen (secondary N) is 2. The number of rotatable bonds is 9. The van der Waals surface area contributed by atoms with Gasteiger partial charge in [0.05, 0.1) is 6.04 Å². The molecule has 0 aromatic rings. The fourth-order valence-corrected chi connectivity index (χ4v) is 1.29. The Hall–Kier alpha value is -2.12. The van der Waals surface area contributed by atoms with E-state index in [1.807, 2.05) is 0 Å². The zero-order valence-electron chi connectivity index (χ0n) is 11.6. The molecule has 0 rings (SSSR count). The summed E-state index contributed by atoms with van der Waals surface area (Å²) < 4.78 is 4.82. The average Bonchev–Trinajstić information content (AvgIpc) is 2.40. The van der Waals surface area contributed by atoms with Crippen LogP contribution in [0.3, 0.4) is 0 Å². The number of carbonyl (C=O) groups excluding carboxylic acids is 3. The molecule has 0 heterocycles. The zero-order chi connectivity index (χ0) is 15.5. The average molecular weight is 288 g/mol. The Morgan fingerprint density at radius 2 is 1.85 bits per heavy atom. The van der Waals surface area contributed by atoms with Crippen molar-refractivity contribution in [3.05, 3.63) is 0 Å². The third-order valence-corrected chi connectivity index (χ3v) is 2.35. The molecule has 0 saturated heterocycles. The number of hydrogen-bond acceptors (Lipinski definition) is 5. The molecule has 2 amide bonds. The summed E-state index contributed by atoms with van der Waals surface area (Å²) in [6.45, 7) is 3.45. The van der Waals surface area contributed by atoms with Crippen molar-refractivity contribution in [2.75, 3.05) is 13.2 Å². The van der Waals surface area contributed by atoms with Gasteiger partial charge in [0.25, 0.3) is 5.91 Å². The first-order chi connectivity index (χ1) is 9.40. The highest BCUT2D eigenvalue weighted by Crippen LogP contribution is 2.00. The molecule has 20 heavy (non-hydrogen) atoms. The highest BCUT2D eigenvalue weighted by Gasteiger charge is 2.19. The van der Waals surface area contributed by atoms with E-state index >= 15 is 0 Å². The van der Waals surface area contributed by atoms with Crippen molar-refractivity contribution in [3.8, 4) is 0 Å². The van der Waals surface area contributed by atoms with Gasteiger partial charge in [-0.25, -0.2) is 4.79 Å². The molecule has 0 bridgehead atoms. The van der Waals surface area contributed by atoms with Crippen molar-refractivity contribution in [3.63, 3.8) is 0 Å². The van der Waals surface area contributed by atoms with E-state index in [2.05, 4.69) is 10.6 Å². The minimum Gasteiger partial charge on any atom is -0.481 e. The predicted octanol–water partition coefficient (Wildman–Crippen LogP) is 0.0612. The molecule has 0 aromatic carbocycles. The molecule has 0 spiro atoms. The molecular weight excluding hydrogens is 268 g/mol. The molecule has 114 valence electrons. The van der Waals surface area contributed by atoms with E-state index < -0.39 is 29.8 Å². The Balaban J connectivity index is 4.40. The summed E-state index contributed by atoms with van der Waals surface area (Å²) in [5.41, 5.74) is 0. The first-order valence-corrected chi connectivity index (χ1v) is 6.36. The molecule has 0 aliphatic rings. The van der Waals surface area contributed by atoms with E-state index in [0.29, 0.717) is 6.54 Å². The van der Waals surface area contributed by atoms with E-state index in [4.69, 9.17) is 9.84 Å². The van der Waals surface area contributed by atoms with Gasteiger partial charge in [0.1, 0.15) is 6.61 Å². The second-order valence-corrected chi connectivity index (χ2v) is 4.01. The quantitative estimate of drug-likeness (QED) is 0.516. The molecule has 8 nitrogen and oxygen atoms in total. The lowest BCUT2D eigenvalue weighted by atomic mass is 10.1. The summed E-state index contributed by atoms with van der Waals surface area (Å²) in [6.07, 6.45) is -0.750. The van der Waals surface area contributed by atoms with E-state index in [1.54, 1.807) is 13.8 Å². The largest absolute Gasteiger partial charge is 0.481 e. The number of carboxylic acid groups (broad SMARTS) is 1. The van der Waals surface area contributed by atoms with Gasteiger partial charge in [-0.05, 0) is 13.3 Å². The lowest BCUT2D eigenvalue weighted by molar-refractivity contribution is -0.139. The molecule has 0 unspecified atom stereocenters. The van der Waals surface area contributed by atoms with Gasteiger partial charge in [0.15, 0.2) is 0 Å². The number of carboxylic acids is 1. The van der Waals surface area contributed by atoms with Crippen molar-refractivity contribution in [2.24, 2.45) is 0 Å². The first kappa shape index (κ1) is 17.9. The smallest absolute Gasteiger partial charge is 0.407 e. The van der Waals surface area contributed by atoms with Crippen LogP contribution in [0.25, 0.3) is 0 Å². The van der Waals surface area contributed by atoms with E-state index in [0.717, 1.165) is 0 Å². The van der Waals surface area contributed by atoms with Gasteiger partial charge in [0, 0.05) is 19.4 Å². The predicted molar refractivity (Wildman–Crippen MR) is 69.1 cm³/mol. The Bertz CT molecular complexity index is 369. The molecule has 0 fully saturated rings. The van der Waals surface area contributed by atoms with Crippen LogP contribution >= 0.6 is 0 Å². The van der Waals surface area contributed by atoms with Crippen LogP contribution in [0, 0.1) is 0 Å². The van der Waals surface area contributed by atoms with Crippen LogP contribution < -0.4 is 10.6 Å². The number of amides is 2. The maximum Gasteiger partial charge on any atom is 0.407 e. The third-order valence-electron chi connectivity index (χ3n) is 2.35. The molecule has 0 radical (unpaired) electrons. The normalized spacial score (nSPS) is 11.3. The van der Waals surface area contributed by atoms with Crippen molar-refractivity contribution >= 4 is 23.8 Å². The number of ketones is 1. The molecule has 0 aliphatic carbocycles. The molecule has 3 N–H and O–H groups in total. The maximum atomic E-state index is 11.4. The number of alkyl carbamates (subject to hydrolysis) is 1. The molecule has 8 heteroatoms. The van der Waals surface area contributed by atoms with Crippen molar-refractivity contribution in [2.45, 2.75) is 39.2 Å². The Morgan fingerprint density at radius 3 is 2.35 bits per heavy atom. The first-order valence-electron chi connectivity index (χ1n) is 6.36. The summed E-state index contributed by atoms with van der Waals surface area (Å²) in [4.78, 5) is 44.3. The van der Waals surface area contributed by atoms with Crippen LogP contribution in [0.15, 0.2) is 0 Å². The maximum absolute atomic E-state index is 11.4. The Kier molecular flexibility index (Phi) is 8.73. The molecule has 0 aromatic heterocycles. The second kappa shape index (κ2) is 9.76. The number of ether oxygens (including phenoxy) is 1. The summed E-state index contributed by atoms with van der Waals surface area (Å²) in [7, 11) is 0. The highest BCUT2D eigenvalue weighted by atomic mass is 16.5. The van der Waals surface area contributed by atoms with E-state index in [1.165, 1.54) is 0 Å². The minimum absolute atomic E-state index is 0.0503. The van der Waals surface area contributed by atoms with Gasteiger partial charge in [-0.3, -0.25) is 14.4 Å². The summed E-state index contributed by atoms with van der Waals surface area (Å²) in [5, 5.41) is 13.4. The third kappa shape index (κ3) is 8.06. The lowest BCUT2D eigenvalue weighted by Crippen LogP contribution is -2.43. The monoisotopic (exact) mass is 288 g/mol. The Morgan fingerprint density at radius 1 is 1.20 bits per heavy atom. The molecule has 0 saturated carbocycles. The summed E-state index contributed by atoms with van der Waals surface area (Å²) in [5.74, 6) is -2.45. The number of aliphatic carboxylic acids is 1. The van der Waals surface area contributed by atoms with Gasteiger partial charge in [-0.1, -0.05) is 6.92 Å². The lowest BCUT2D eigenvalue weighted by Gasteiger charge is -2.17. The van der Waals surface area contributed by atoms with Crippen LogP contribution in [0.2, 0.25) is 0 Å². The van der Waals surface area contributed by atoms with E-state index in [9.17, 15) is 19.2 Å². The van der Waals surface area contributed by atoms with Crippen LogP contribution in [-0.4, -0.2) is 48.1 Å². The highest BCUT2D eigenvalue weighted by molar-refractivity contribution is 6.36. The molecular formula is C12H20N2O6. The standard InChI is InChI=1S/C12H20N2O6/c1-3-9(15)11(18)14-8(5-6-10(16)17)7-20-12(19)13-4-2/h8H,3-7H2,1-2H3,(H,13,19)(H,14,18)(H,16,17)/t8-/m0/s1. The van der Waals surface area contributed by atoms with Crippen LogP contribution in [0.1, 0.15) is 33.1 Å². The molecule has 0 aliphatic heterocycles. The summed E-state index contributed by atoms with van der Waals surface area (Å²) in [6, 6.07) is -0.711. The Labute approximate surface area is 116 Å². The summed E-state index contributed by atoms with van der Waals surface area (Å²) >= 11 is 0. The van der Waals surface area contributed by atoms with Crippen molar-refractivity contribution in [1.29, 1.82) is 0 Å². The topological polar surface area (TPSA) is 122 Å². The number of carbonyl (C=O) groups is 4. The fraction of sp³-hybridized carbons (Fsp3) is 0.667. The van der Waals surface area contributed by atoms with Crippen LogP contribution in [0.4, 0.5) is 4.79 Å². The SMILES string of the molecule is CCNC(=O)OC[C@H](CCC(=O)O)NC(=O)C(=O)CC. The van der Waals surface area contributed by atoms with Crippen molar-refractivity contribution < 1.29 is 29.0 Å². The van der Waals surface area contributed by atoms with Gasteiger partial charge in [-0.2, -0.15) is 0 Å². The van der Waals surface area contributed by atoms with Crippen LogP contribution in [-0.2, 0) is 19.1 Å². The second-order valence-electron chi connectivity index (χ2n) is 4.01.